The number of nitrogens with one attached hydrogen (secondary N) is 1. The van der Waals surface area contributed by atoms with Crippen molar-refractivity contribution in [1.29, 1.82) is 5.26 Å². The molecule has 0 fully saturated rings. The fourth-order valence-corrected chi connectivity index (χ4v) is 4.21. The van der Waals surface area contributed by atoms with E-state index in [0.29, 0.717) is 22.7 Å². The third-order valence-electron chi connectivity index (χ3n) is 5.28. The van der Waals surface area contributed by atoms with E-state index in [1.54, 1.807) is 35.2 Å². The molecule has 0 atom stereocenters. The number of benzene rings is 2. The highest BCUT2D eigenvalue weighted by Gasteiger charge is 2.19. The molecule has 11 heteroatoms. The molecule has 184 valence electrons. The Labute approximate surface area is 209 Å². The predicted molar refractivity (Wildman–Crippen MR) is 136 cm³/mol. The van der Waals surface area contributed by atoms with Gasteiger partial charge in [-0.05, 0) is 24.3 Å². The first-order valence-electron chi connectivity index (χ1n) is 11.1. The topological polar surface area (TPSA) is 129 Å². The summed E-state index contributed by atoms with van der Waals surface area (Å²) < 4.78 is 33.4. The molecule has 10 nitrogen and oxygen atoms in total. The van der Waals surface area contributed by atoms with Crippen molar-refractivity contribution in [3.05, 3.63) is 77.9 Å². The molecule has 0 aliphatic heterocycles. The third kappa shape index (κ3) is 5.05. The maximum atomic E-state index is 12.4. The number of hydrazone groups is 1. The van der Waals surface area contributed by atoms with Gasteiger partial charge in [0.15, 0.2) is 0 Å². The van der Waals surface area contributed by atoms with Crippen LogP contribution in [-0.4, -0.2) is 47.8 Å². The fourth-order valence-electron chi connectivity index (χ4n) is 3.31. The van der Waals surface area contributed by atoms with E-state index >= 15 is 0 Å². The number of para-hydroxylation sites is 1. The monoisotopic (exact) mass is 503 g/mol. The lowest BCUT2D eigenvalue weighted by Gasteiger charge is -2.11. The van der Waals surface area contributed by atoms with Crippen LogP contribution < -0.4 is 5.43 Å². The Morgan fingerprint density at radius 3 is 2.44 bits per heavy atom. The minimum absolute atomic E-state index is 0.0200. The Kier molecular flexibility index (Phi) is 7.00. The van der Waals surface area contributed by atoms with E-state index in [9.17, 15) is 13.7 Å². The molecule has 0 unspecified atom stereocenters. The van der Waals surface area contributed by atoms with Gasteiger partial charge in [0.05, 0.1) is 16.8 Å². The van der Waals surface area contributed by atoms with E-state index in [2.05, 4.69) is 15.5 Å². The summed E-state index contributed by atoms with van der Waals surface area (Å²) in [7, 11) is -0.573. The maximum Gasteiger partial charge on any atom is 0.252 e. The summed E-state index contributed by atoms with van der Waals surface area (Å²) in [6.45, 7) is 3.83. The van der Waals surface area contributed by atoms with E-state index in [4.69, 9.17) is 9.52 Å². The molecular formula is C25H25N7O3S. The molecule has 0 aliphatic carbocycles. The summed E-state index contributed by atoms with van der Waals surface area (Å²) in [6.07, 6.45) is 3.37. The van der Waals surface area contributed by atoms with Crippen molar-refractivity contribution in [2.75, 3.05) is 19.5 Å². The molecule has 2 aromatic carbocycles. The zero-order chi connectivity index (χ0) is 25.9. The summed E-state index contributed by atoms with van der Waals surface area (Å²) in [5.41, 5.74) is 5.69. The first kappa shape index (κ1) is 24.8. The highest BCUT2D eigenvalue weighted by Crippen LogP contribution is 2.26. The first-order valence-corrected chi connectivity index (χ1v) is 12.5. The van der Waals surface area contributed by atoms with Gasteiger partial charge in [-0.15, -0.1) is 0 Å². The minimum atomic E-state index is -3.55. The molecule has 0 saturated heterocycles. The van der Waals surface area contributed by atoms with Crippen LogP contribution in [0.3, 0.4) is 0 Å². The lowest BCUT2D eigenvalue weighted by atomic mass is 10.1. The summed E-state index contributed by atoms with van der Waals surface area (Å²) in [5.74, 6) is 0.619. The highest BCUT2D eigenvalue weighted by molar-refractivity contribution is 7.89. The molecule has 0 radical (unpaired) electrons. The molecule has 2 heterocycles. The van der Waals surface area contributed by atoms with Crippen molar-refractivity contribution in [2.45, 2.75) is 24.7 Å². The van der Waals surface area contributed by atoms with Crippen LogP contribution in [0.4, 0.5) is 5.88 Å². The van der Waals surface area contributed by atoms with Crippen LogP contribution in [0.1, 0.15) is 36.9 Å². The van der Waals surface area contributed by atoms with E-state index in [1.807, 2.05) is 56.4 Å². The van der Waals surface area contributed by atoms with Crippen LogP contribution in [0.5, 0.6) is 0 Å². The number of rotatable bonds is 8. The normalized spacial score (nSPS) is 11.9. The largest absolute Gasteiger partial charge is 0.422 e. The van der Waals surface area contributed by atoms with Gasteiger partial charge in [-0.1, -0.05) is 44.2 Å². The Morgan fingerprint density at radius 1 is 1.14 bits per heavy atom. The molecular weight excluding hydrogens is 478 g/mol. The van der Waals surface area contributed by atoms with Gasteiger partial charge in [0.25, 0.3) is 5.88 Å². The van der Waals surface area contributed by atoms with Crippen LogP contribution in [-0.2, 0) is 10.0 Å². The van der Waals surface area contributed by atoms with Crippen molar-refractivity contribution in [1.82, 2.24) is 19.1 Å². The quantitative estimate of drug-likeness (QED) is 0.281. The van der Waals surface area contributed by atoms with E-state index in [-0.39, 0.29) is 22.4 Å². The number of sulfonamides is 1. The lowest BCUT2D eigenvalue weighted by Crippen LogP contribution is -2.22. The number of hydrogen-bond acceptors (Lipinski definition) is 8. The highest BCUT2D eigenvalue weighted by atomic mass is 32.2. The Hall–Kier alpha value is -4.27. The van der Waals surface area contributed by atoms with Crippen LogP contribution in [0.25, 0.3) is 16.9 Å². The minimum Gasteiger partial charge on any atom is -0.422 e. The summed E-state index contributed by atoms with van der Waals surface area (Å²) in [4.78, 5) is 4.36. The van der Waals surface area contributed by atoms with E-state index in [1.165, 1.54) is 18.4 Å². The van der Waals surface area contributed by atoms with E-state index < -0.39 is 10.0 Å². The fraction of sp³-hybridized carbons (Fsp3) is 0.200. The van der Waals surface area contributed by atoms with Crippen molar-refractivity contribution < 1.29 is 12.8 Å². The van der Waals surface area contributed by atoms with Gasteiger partial charge in [-0.25, -0.2) is 27.8 Å². The molecule has 4 rings (SSSR count). The second kappa shape index (κ2) is 10.2. The Morgan fingerprint density at radius 2 is 1.83 bits per heavy atom. The van der Waals surface area contributed by atoms with Crippen molar-refractivity contribution in [2.24, 2.45) is 5.10 Å². The van der Waals surface area contributed by atoms with Gasteiger partial charge in [0.2, 0.25) is 21.6 Å². The van der Waals surface area contributed by atoms with Gasteiger partial charge in [0.1, 0.15) is 11.8 Å². The molecule has 36 heavy (non-hydrogen) atoms. The molecule has 1 N–H and O–H groups in total. The van der Waals surface area contributed by atoms with Crippen LogP contribution in [0.15, 0.2) is 75.2 Å². The Balaban J connectivity index is 1.70. The second-order valence-electron chi connectivity index (χ2n) is 8.39. The standard InChI is InChI=1S/C25H25N7O3S/c1-17(2)24-28-22(14-26)25(35-24)29-27-15-19-16-32(20-8-6-5-7-9-20)30-23(19)18-10-12-21(13-11-18)36(33,34)31(3)4/h5-13,15-17,29H,1-4H3. The maximum absolute atomic E-state index is 12.4. The van der Waals surface area contributed by atoms with Gasteiger partial charge in [-0.3, -0.25) is 0 Å². The summed E-state index contributed by atoms with van der Waals surface area (Å²) >= 11 is 0. The predicted octanol–water partition coefficient (Wildman–Crippen LogP) is 4.22. The molecule has 2 aromatic heterocycles. The SMILES string of the molecule is CC(C)c1nc(C#N)c(NN=Cc2cn(-c3ccccc3)nc2-c2ccc(S(=O)(=O)N(C)C)cc2)o1. The van der Waals surface area contributed by atoms with Gasteiger partial charge >= 0.3 is 0 Å². The second-order valence-corrected chi connectivity index (χ2v) is 10.5. The van der Waals surface area contributed by atoms with Gasteiger partial charge < -0.3 is 4.42 Å². The average molecular weight is 504 g/mol. The number of nitrogens with zero attached hydrogens (tertiary/aromatic N) is 6. The molecule has 4 aromatic rings. The third-order valence-corrected chi connectivity index (χ3v) is 7.11. The molecule has 0 spiro atoms. The molecule has 0 saturated carbocycles. The molecule has 0 bridgehead atoms. The van der Waals surface area contributed by atoms with Crippen molar-refractivity contribution >= 4 is 22.1 Å². The van der Waals surface area contributed by atoms with Crippen molar-refractivity contribution in [3.63, 3.8) is 0 Å². The lowest BCUT2D eigenvalue weighted by molar-refractivity contribution is 0.481. The summed E-state index contributed by atoms with van der Waals surface area (Å²) in [6, 6.07) is 18.1. The average Bonchev–Trinajstić information content (AvgIpc) is 3.49. The Bertz CT molecular complexity index is 1530. The number of aromatic nitrogens is 3. The first-order chi connectivity index (χ1) is 17.2. The number of anilines is 1. The zero-order valence-electron chi connectivity index (χ0n) is 20.2. The van der Waals surface area contributed by atoms with Crippen LogP contribution in [0.2, 0.25) is 0 Å². The van der Waals surface area contributed by atoms with Crippen LogP contribution in [0, 0.1) is 11.3 Å². The van der Waals surface area contributed by atoms with Crippen LogP contribution >= 0.6 is 0 Å². The van der Waals surface area contributed by atoms with Gasteiger partial charge in [0, 0.05) is 37.3 Å². The number of oxazole rings is 1. The molecule has 0 aliphatic rings. The zero-order valence-corrected chi connectivity index (χ0v) is 21.1. The molecule has 0 amide bonds. The van der Waals surface area contributed by atoms with Gasteiger partial charge in [-0.2, -0.15) is 15.5 Å². The summed E-state index contributed by atoms with van der Waals surface area (Å²) in [5, 5.41) is 18.3. The van der Waals surface area contributed by atoms with Crippen molar-refractivity contribution in [3.8, 4) is 23.0 Å². The number of nitriles is 1. The van der Waals surface area contributed by atoms with E-state index in [0.717, 1.165) is 5.69 Å². The number of hydrogen-bond donors (Lipinski definition) is 1. The smallest absolute Gasteiger partial charge is 0.252 e.